The van der Waals surface area contributed by atoms with Gasteiger partial charge in [-0.25, -0.2) is 59.8 Å². The average Bonchev–Trinajstić information content (AvgIpc) is 4.37. The van der Waals surface area contributed by atoms with Gasteiger partial charge >= 0.3 is 34.1 Å². The van der Waals surface area contributed by atoms with Gasteiger partial charge in [-0.1, -0.05) is 146 Å². The third-order valence-electron chi connectivity index (χ3n) is 14.2. The van der Waals surface area contributed by atoms with Crippen LogP contribution in [0, 0.1) is 0 Å². The molecule has 0 aliphatic carbocycles. The van der Waals surface area contributed by atoms with Crippen LogP contribution in [0.2, 0.25) is 0 Å². The van der Waals surface area contributed by atoms with Gasteiger partial charge in [-0.2, -0.15) is 0 Å². The van der Waals surface area contributed by atoms with E-state index in [4.69, 9.17) is 59.8 Å². The molecule has 350 valence electrons. The number of hydrogen-bond donors (Lipinski definition) is 4. The number of rotatable bonds is 0. The van der Waals surface area contributed by atoms with Crippen molar-refractivity contribution in [3.05, 3.63) is 158 Å². The van der Waals surface area contributed by atoms with Crippen LogP contribution in [0.1, 0.15) is 0 Å². The zero-order valence-electron chi connectivity index (χ0n) is 39.1. The summed E-state index contributed by atoms with van der Waals surface area (Å²) in [7, 11) is 0. The second kappa shape index (κ2) is 16.4. The van der Waals surface area contributed by atoms with E-state index in [2.05, 4.69) is 32.1 Å². The number of benzene rings is 7. The minimum Gasteiger partial charge on any atom is -0.324 e. The van der Waals surface area contributed by atoms with Crippen LogP contribution in [0.4, 0.5) is 0 Å². The summed E-state index contributed by atoms with van der Waals surface area (Å²) in [6.07, 6.45) is 0. The molecule has 16 nitrogen and oxygen atoms in total. The van der Waals surface area contributed by atoms with Crippen LogP contribution in [-0.2, 0) is 34.1 Å². The first-order valence-electron chi connectivity index (χ1n) is 24.0. The van der Waals surface area contributed by atoms with Crippen molar-refractivity contribution in [2.24, 2.45) is 0 Å². The summed E-state index contributed by atoms with van der Waals surface area (Å²) >= 11 is 0. The van der Waals surface area contributed by atoms with Gasteiger partial charge in [0.05, 0.1) is 0 Å². The summed E-state index contributed by atoms with van der Waals surface area (Å²) in [5, 5.41) is 6.69. The van der Waals surface area contributed by atoms with E-state index >= 15 is 0 Å². The first kappa shape index (κ1) is 43.8. The molecule has 76 heavy (non-hydrogen) atoms. The molecule has 4 aliphatic rings. The molecule has 4 N–H and O–H groups in total. The molecule has 0 amide bonds. The Morgan fingerprint density at radius 1 is 0.184 bits per heavy atom. The van der Waals surface area contributed by atoms with Gasteiger partial charge < -0.3 is 19.9 Å². The fourth-order valence-corrected chi connectivity index (χ4v) is 10.8. The molecule has 7 aromatic carbocycles. The van der Waals surface area contributed by atoms with E-state index in [9.17, 15) is 0 Å². The summed E-state index contributed by atoms with van der Waals surface area (Å²) in [6, 6.07) is 52.3. The summed E-state index contributed by atoms with van der Waals surface area (Å²) in [6.45, 7) is 0. The number of aromatic amines is 4. The number of nitrogens with zero attached hydrogens (tertiary/aromatic N) is 12. The van der Waals surface area contributed by atoms with E-state index in [0.29, 0.717) is 91.8 Å². The van der Waals surface area contributed by atoms with Crippen LogP contribution in [0.25, 0.3) is 179 Å². The predicted octanol–water partition coefficient (Wildman–Crippen LogP) is 12.0. The molecule has 18 heteroatoms. The number of aromatic nitrogens is 16. The van der Waals surface area contributed by atoms with Crippen LogP contribution in [0.3, 0.4) is 0 Å². The first-order valence-corrected chi connectivity index (χ1v) is 24.0. The Morgan fingerprint density at radius 2 is 0.342 bits per heavy atom. The summed E-state index contributed by atoms with van der Waals surface area (Å²) < 4.78 is 0. The molecule has 6 aromatic heterocycles. The minimum absolute atomic E-state index is 0. The van der Waals surface area contributed by atoms with Crippen LogP contribution < -0.4 is 0 Å². The van der Waals surface area contributed by atoms with Crippen molar-refractivity contribution < 1.29 is 34.1 Å². The molecule has 16 bridgehead atoms. The first-order chi connectivity index (χ1) is 36.6. The van der Waals surface area contributed by atoms with Crippen molar-refractivity contribution in [2.75, 3.05) is 0 Å². The van der Waals surface area contributed by atoms with E-state index in [1.54, 1.807) is 0 Å². The maximum Gasteiger partial charge on any atom is 4.00 e. The van der Waals surface area contributed by atoms with E-state index in [1.165, 1.54) is 0 Å². The average molecular weight is 1060 g/mol. The Labute approximate surface area is 448 Å². The third kappa shape index (κ3) is 6.42. The Hall–Kier alpha value is -9.70. The summed E-state index contributed by atoms with van der Waals surface area (Å²) in [5.74, 6) is 4.07. The normalized spacial score (nSPS) is 12.0. The number of hydrogen-bond acceptors (Lipinski definition) is 12. The van der Waals surface area contributed by atoms with Crippen LogP contribution in [-0.4, -0.2) is 79.7 Å². The molecule has 0 radical (unpaired) electrons. The predicted molar refractivity (Wildman–Crippen MR) is 286 cm³/mol. The zero-order chi connectivity index (χ0) is 48.2. The molecular weight excluding hydrogens is 1030 g/mol. The van der Waals surface area contributed by atoms with E-state index in [-0.39, 0.29) is 34.1 Å². The van der Waals surface area contributed by atoms with Gasteiger partial charge in [0.2, 0.25) is 0 Å². The van der Waals surface area contributed by atoms with Gasteiger partial charge in [-0.15, -0.1) is 0 Å². The summed E-state index contributed by atoms with van der Waals surface area (Å²) in [5.41, 5.74) is 11.4. The third-order valence-corrected chi connectivity index (χ3v) is 14.2. The topological polar surface area (TPSA) is 218 Å². The van der Waals surface area contributed by atoms with E-state index in [1.807, 2.05) is 146 Å². The molecule has 0 saturated heterocycles. The maximum atomic E-state index is 5.34. The molecule has 0 spiro atoms. The Kier molecular flexibility index (Phi) is 9.46. The Morgan fingerprint density at radius 3 is 0.526 bits per heavy atom. The molecule has 13 aromatic rings. The van der Waals surface area contributed by atoms with Gasteiger partial charge in [0, 0.05) is 87.6 Å². The van der Waals surface area contributed by atoms with Crippen LogP contribution >= 0.6 is 0 Å². The van der Waals surface area contributed by atoms with Gasteiger partial charge in [0.25, 0.3) is 0 Å². The van der Waals surface area contributed by atoms with Gasteiger partial charge in [-0.05, 0) is 12.1 Å². The molecule has 0 fully saturated rings. The van der Waals surface area contributed by atoms with E-state index in [0.717, 1.165) is 87.6 Å². The second-order valence-electron chi connectivity index (χ2n) is 18.4. The van der Waals surface area contributed by atoms with Gasteiger partial charge in [0.15, 0.2) is 46.6 Å². The van der Waals surface area contributed by atoms with Gasteiger partial charge in [-0.3, -0.25) is 0 Å². The van der Waals surface area contributed by atoms with Crippen molar-refractivity contribution in [3.8, 4) is 91.1 Å². The quantitative estimate of drug-likeness (QED) is 0.104. The molecule has 0 saturated carbocycles. The number of nitrogens with one attached hydrogen (secondary N) is 4. The molecule has 0 unspecified atom stereocenters. The fraction of sp³-hybridized carbons (Fsp3) is 0. The molecular formula is C58H30Fe2N16+8. The fourth-order valence-electron chi connectivity index (χ4n) is 10.8. The largest absolute Gasteiger partial charge is 4.00 e. The molecule has 10 heterocycles. The van der Waals surface area contributed by atoms with Crippen molar-refractivity contribution in [1.29, 1.82) is 0 Å². The van der Waals surface area contributed by atoms with Crippen LogP contribution in [0.15, 0.2) is 158 Å². The van der Waals surface area contributed by atoms with Gasteiger partial charge in [0.1, 0.15) is 45.2 Å². The standard InChI is InChI=1S/C58H30N16.2Fe/c1-2-14-28-27(13-1)43-59-44(28)62-48-32-18-6-10-22-36(32)52(66-48)70-56-40-26-42-41(25-39(40)55(73-56)69-51-35-21-9-5-17-31(35)47(61-43)65-51)57-71-53-37-23-11-7-19-33(37)49(67-53)63-45-29-15-3-4-16-30(29)46(60-45)64-50-34-20-8-12-24-38(34)54(68-50)72-58(42)74-57;;/h1-26H,(H2,59,61,62,65,66,69,70,73)(H2,60,63,64,67,68,71,72,74);;/q;2*+4. The van der Waals surface area contributed by atoms with Crippen molar-refractivity contribution in [3.63, 3.8) is 0 Å². The Bertz CT molecular complexity index is 4460. The van der Waals surface area contributed by atoms with E-state index < -0.39 is 0 Å². The monoisotopic (exact) mass is 1060 g/mol. The smallest absolute Gasteiger partial charge is 0.324 e. The second-order valence-corrected chi connectivity index (χ2v) is 18.4. The van der Waals surface area contributed by atoms with Crippen molar-refractivity contribution in [1.82, 2.24) is 79.7 Å². The van der Waals surface area contributed by atoms with Crippen LogP contribution in [0.5, 0.6) is 0 Å². The molecule has 0 atom stereocenters. The maximum absolute atomic E-state index is 5.34. The Balaban J connectivity index is 0.00000253. The minimum atomic E-state index is 0. The summed E-state index contributed by atoms with van der Waals surface area (Å²) in [4.78, 5) is 76.8. The number of fused-ring (bicyclic) bond motifs is 40. The number of H-pyrrole nitrogens is 4. The molecule has 17 rings (SSSR count). The zero-order valence-corrected chi connectivity index (χ0v) is 41.3. The SMILES string of the molecule is [Fe+4].[Fe+4].c1ccc2c(c1)-c1nc-2nc2[nH]c(nc3nc(nc4[nH]c(n1)c1ccccc41)-c1ccccc1-3)c1cc3c4nc5nc(nc6[nH]c(nc7nc(nc([nH]4)c3cc21)-c1ccccc1-7)c1ccccc61)-c1ccccc1-5. The van der Waals surface area contributed by atoms with Crippen molar-refractivity contribution in [2.45, 2.75) is 0 Å². The van der Waals surface area contributed by atoms with Crippen molar-refractivity contribution >= 4 is 88.3 Å². The molecule has 4 aliphatic heterocycles.